The van der Waals surface area contributed by atoms with Crippen LogP contribution >= 0.6 is 0 Å². The number of aryl methyl sites for hydroxylation is 1. The first-order valence-corrected chi connectivity index (χ1v) is 10.1. The highest BCUT2D eigenvalue weighted by molar-refractivity contribution is 5.87. The Morgan fingerprint density at radius 2 is 2.10 bits per heavy atom. The largest absolute Gasteiger partial charge is 0.493 e. The van der Waals surface area contributed by atoms with Crippen molar-refractivity contribution < 1.29 is 19.0 Å². The number of allylic oxidation sites excluding steroid dienone is 3. The van der Waals surface area contributed by atoms with E-state index in [0.29, 0.717) is 29.8 Å². The summed E-state index contributed by atoms with van der Waals surface area (Å²) in [5, 5.41) is 21.3. The summed E-state index contributed by atoms with van der Waals surface area (Å²) in [7, 11) is 1.86. The third-order valence-electron chi connectivity index (χ3n) is 5.36. The number of rotatable bonds is 5. The van der Waals surface area contributed by atoms with Crippen LogP contribution in [0.2, 0.25) is 0 Å². The minimum Gasteiger partial charge on any atom is -0.493 e. The van der Waals surface area contributed by atoms with E-state index in [-0.39, 0.29) is 18.1 Å². The summed E-state index contributed by atoms with van der Waals surface area (Å²) in [4.78, 5) is 0. The van der Waals surface area contributed by atoms with Crippen molar-refractivity contribution in [3.63, 3.8) is 0 Å². The second kappa shape index (κ2) is 8.39. The van der Waals surface area contributed by atoms with Gasteiger partial charge in [-0.3, -0.25) is 4.68 Å². The van der Waals surface area contributed by atoms with E-state index >= 15 is 0 Å². The Labute approximate surface area is 174 Å². The number of dihydropyridines is 1. The van der Waals surface area contributed by atoms with Gasteiger partial charge in [-0.15, -0.1) is 5.10 Å². The molecule has 1 aromatic carbocycles. The molecule has 0 radical (unpaired) electrons. The van der Waals surface area contributed by atoms with Gasteiger partial charge in [0.15, 0.2) is 0 Å². The minimum absolute atomic E-state index is 0.101. The second-order valence-corrected chi connectivity index (χ2v) is 7.96. The van der Waals surface area contributed by atoms with E-state index in [9.17, 15) is 9.50 Å². The number of halogens is 1. The number of nitrogens with one attached hydrogen (secondary N) is 2. The van der Waals surface area contributed by atoms with E-state index in [2.05, 4.69) is 29.6 Å². The van der Waals surface area contributed by atoms with Gasteiger partial charge in [-0.05, 0) is 63.0 Å². The molecule has 1 fully saturated rings. The maximum atomic E-state index is 13.0. The van der Waals surface area contributed by atoms with Crippen molar-refractivity contribution in [2.75, 3.05) is 11.9 Å². The van der Waals surface area contributed by atoms with Gasteiger partial charge in [-0.2, -0.15) is 0 Å². The van der Waals surface area contributed by atoms with Gasteiger partial charge in [0.05, 0.1) is 35.4 Å². The van der Waals surface area contributed by atoms with Crippen molar-refractivity contribution in [3.05, 3.63) is 54.0 Å². The van der Waals surface area contributed by atoms with Gasteiger partial charge >= 0.3 is 0 Å². The number of hydrogen-bond acceptors (Lipinski definition) is 6. The van der Waals surface area contributed by atoms with Crippen LogP contribution in [0.1, 0.15) is 26.7 Å². The molecule has 2 aromatic rings. The van der Waals surface area contributed by atoms with Crippen molar-refractivity contribution >= 4 is 16.6 Å². The van der Waals surface area contributed by atoms with Crippen LogP contribution in [0.15, 0.2) is 54.0 Å². The number of anilines is 1. The van der Waals surface area contributed by atoms with Gasteiger partial charge in [0, 0.05) is 18.9 Å². The smallest absolute Gasteiger partial charge is 0.240 e. The number of aliphatic hydroxyl groups is 1. The molecule has 4 rings (SSSR count). The molecule has 0 amide bonds. The standard InChI is InChI=1S/C22H27FN4O3/c1-13-8-15(9-14(2)30-13)12-29-22-18-6-5-17(10-20(18)27(3)26-22)25-21(28)19-7-4-16(23)11-24-19/h4-7,10-11,13-15,24-25,28H,8-9,12H2,1-3H3/b21-19-. The third-order valence-corrected chi connectivity index (χ3v) is 5.36. The summed E-state index contributed by atoms with van der Waals surface area (Å²) in [5.74, 6) is 0.543. The SMILES string of the molecule is CC1CC(COc2nn(C)c3cc(N/C(O)=C4\C=CC(F)=CN4)ccc23)CC(C)O1. The maximum Gasteiger partial charge on any atom is 0.240 e. The van der Waals surface area contributed by atoms with E-state index in [1.807, 2.05) is 25.2 Å². The van der Waals surface area contributed by atoms with Gasteiger partial charge in [0.25, 0.3) is 0 Å². The molecule has 0 bridgehead atoms. The first-order chi connectivity index (χ1) is 14.4. The molecule has 160 valence electrons. The Kier molecular flexibility index (Phi) is 5.67. The Hall–Kier alpha value is -3.00. The summed E-state index contributed by atoms with van der Waals surface area (Å²) < 4.78 is 26.7. The highest BCUT2D eigenvalue weighted by atomic mass is 19.1. The molecule has 0 saturated carbocycles. The Balaban J connectivity index is 1.47. The molecule has 3 heterocycles. The van der Waals surface area contributed by atoms with E-state index in [1.165, 1.54) is 18.4 Å². The summed E-state index contributed by atoms with van der Waals surface area (Å²) in [5.41, 5.74) is 1.93. The fraction of sp³-hybridized carbons (Fsp3) is 0.409. The number of ether oxygens (including phenoxy) is 2. The van der Waals surface area contributed by atoms with E-state index in [4.69, 9.17) is 9.47 Å². The van der Waals surface area contributed by atoms with Crippen molar-refractivity contribution in [1.82, 2.24) is 15.1 Å². The topological polar surface area (TPSA) is 80.6 Å². The number of fused-ring (bicyclic) bond motifs is 1. The summed E-state index contributed by atoms with van der Waals surface area (Å²) in [6, 6.07) is 5.64. The predicted octanol–water partition coefficient (Wildman–Crippen LogP) is 4.27. The molecule has 2 aliphatic heterocycles. The predicted molar refractivity (Wildman–Crippen MR) is 114 cm³/mol. The number of aromatic nitrogens is 2. The van der Waals surface area contributed by atoms with E-state index in [0.717, 1.165) is 23.7 Å². The minimum atomic E-state index is -0.403. The molecular weight excluding hydrogens is 387 g/mol. The quantitative estimate of drug-likeness (QED) is 0.634. The lowest BCUT2D eigenvalue weighted by atomic mass is 9.93. The van der Waals surface area contributed by atoms with E-state index < -0.39 is 5.83 Å². The van der Waals surface area contributed by atoms with Crippen LogP contribution in [0.3, 0.4) is 0 Å². The first kappa shape index (κ1) is 20.3. The van der Waals surface area contributed by atoms with Gasteiger partial charge in [0.1, 0.15) is 5.83 Å². The normalized spacial score (nSPS) is 25.6. The molecule has 3 N–H and O–H groups in total. The molecule has 2 atom stereocenters. The molecule has 1 aromatic heterocycles. The number of hydrogen-bond donors (Lipinski definition) is 3. The second-order valence-electron chi connectivity index (χ2n) is 7.96. The van der Waals surface area contributed by atoms with Crippen LogP contribution in [0.25, 0.3) is 10.9 Å². The molecular formula is C22H27FN4O3. The Bertz CT molecular complexity index is 1020. The highest BCUT2D eigenvalue weighted by Crippen LogP contribution is 2.30. The van der Waals surface area contributed by atoms with Crippen molar-refractivity contribution in [1.29, 1.82) is 0 Å². The molecule has 2 unspecified atom stereocenters. The first-order valence-electron chi connectivity index (χ1n) is 10.1. The number of benzene rings is 1. The van der Waals surface area contributed by atoms with Crippen molar-refractivity contribution in [3.8, 4) is 5.88 Å². The fourth-order valence-corrected chi connectivity index (χ4v) is 4.04. The number of aliphatic hydroxyl groups excluding tert-OH is 1. The van der Waals surface area contributed by atoms with Gasteiger partial charge in [-0.25, -0.2) is 4.39 Å². The summed E-state index contributed by atoms with van der Waals surface area (Å²) in [6.07, 6.45) is 6.39. The van der Waals surface area contributed by atoms with Crippen LogP contribution in [0.5, 0.6) is 5.88 Å². The van der Waals surface area contributed by atoms with Gasteiger partial charge < -0.3 is 25.2 Å². The Morgan fingerprint density at radius 1 is 1.33 bits per heavy atom. The lowest BCUT2D eigenvalue weighted by Crippen LogP contribution is -2.32. The molecule has 1 saturated heterocycles. The molecule has 0 aliphatic carbocycles. The zero-order valence-electron chi connectivity index (χ0n) is 17.4. The van der Waals surface area contributed by atoms with E-state index in [1.54, 1.807) is 4.68 Å². The third kappa shape index (κ3) is 4.43. The van der Waals surface area contributed by atoms with Crippen LogP contribution in [0.4, 0.5) is 10.1 Å². The molecule has 8 heteroatoms. The zero-order chi connectivity index (χ0) is 21.3. The summed E-state index contributed by atoms with van der Waals surface area (Å²) in [6.45, 7) is 4.81. The maximum absolute atomic E-state index is 13.0. The van der Waals surface area contributed by atoms with Gasteiger partial charge in [-0.1, -0.05) is 0 Å². The van der Waals surface area contributed by atoms with Crippen LogP contribution < -0.4 is 15.4 Å². The lowest BCUT2D eigenvalue weighted by molar-refractivity contribution is -0.0594. The number of nitrogens with zero attached hydrogens (tertiary/aromatic N) is 2. The average molecular weight is 414 g/mol. The highest BCUT2D eigenvalue weighted by Gasteiger charge is 2.25. The summed E-state index contributed by atoms with van der Waals surface area (Å²) >= 11 is 0. The molecule has 7 nitrogen and oxygen atoms in total. The average Bonchev–Trinajstić information content (AvgIpc) is 3.01. The van der Waals surface area contributed by atoms with Crippen LogP contribution in [-0.2, 0) is 11.8 Å². The van der Waals surface area contributed by atoms with Crippen molar-refractivity contribution in [2.45, 2.75) is 38.9 Å². The fourth-order valence-electron chi connectivity index (χ4n) is 4.04. The van der Waals surface area contributed by atoms with Gasteiger partial charge in [0.2, 0.25) is 11.8 Å². The molecule has 30 heavy (non-hydrogen) atoms. The zero-order valence-corrected chi connectivity index (χ0v) is 17.4. The van der Waals surface area contributed by atoms with Crippen LogP contribution in [0, 0.1) is 5.92 Å². The molecule has 2 aliphatic rings. The van der Waals surface area contributed by atoms with Crippen molar-refractivity contribution in [2.24, 2.45) is 13.0 Å². The molecule has 0 spiro atoms. The monoisotopic (exact) mass is 414 g/mol. The van der Waals surface area contributed by atoms with Crippen LogP contribution in [-0.4, -0.2) is 33.7 Å². The lowest BCUT2D eigenvalue weighted by Gasteiger charge is -2.31. The Morgan fingerprint density at radius 3 is 2.80 bits per heavy atom.